The van der Waals surface area contributed by atoms with Crippen molar-refractivity contribution in [3.05, 3.63) is 22.6 Å². The molecule has 66 valence electrons. The lowest BCUT2D eigenvalue weighted by molar-refractivity contribution is 1.08. The van der Waals surface area contributed by atoms with E-state index in [0.29, 0.717) is 17.3 Å². The van der Waals surface area contributed by atoms with Crippen LogP contribution in [0.4, 0.5) is 5.82 Å². The smallest absolute Gasteiger partial charge is 0.165 e. The van der Waals surface area contributed by atoms with Crippen LogP contribution in [0, 0.1) is 6.92 Å². The molecule has 0 fully saturated rings. The molecule has 2 rings (SSSR count). The molecule has 0 saturated heterocycles. The van der Waals surface area contributed by atoms with Crippen LogP contribution in [-0.2, 0) is 0 Å². The number of nitrogens with two attached hydrogens (primary N) is 1. The van der Waals surface area contributed by atoms with Crippen molar-refractivity contribution < 1.29 is 0 Å². The Labute approximate surface area is 83.3 Å². The van der Waals surface area contributed by atoms with Gasteiger partial charge in [-0.05, 0) is 28.9 Å². The van der Waals surface area contributed by atoms with Gasteiger partial charge in [0, 0.05) is 10.7 Å². The highest BCUT2D eigenvalue weighted by molar-refractivity contribution is 9.10. The highest BCUT2D eigenvalue weighted by Gasteiger charge is 2.03. The molecule has 0 amide bonds. The molecule has 13 heavy (non-hydrogen) atoms. The van der Waals surface area contributed by atoms with E-state index in [2.05, 4.69) is 30.9 Å². The van der Waals surface area contributed by atoms with Gasteiger partial charge in [0.05, 0.1) is 5.39 Å². The SMILES string of the molecule is Cc1nc(N)c2cc(Br)cnc2n1. The van der Waals surface area contributed by atoms with Crippen molar-refractivity contribution in [1.82, 2.24) is 15.0 Å². The van der Waals surface area contributed by atoms with E-state index in [4.69, 9.17) is 5.73 Å². The number of nitrogen functional groups attached to an aromatic ring is 1. The molecule has 2 N–H and O–H groups in total. The summed E-state index contributed by atoms with van der Waals surface area (Å²) in [6.07, 6.45) is 1.69. The predicted molar refractivity (Wildman–Crippen MR) is 54.2 cm³/mol. The number of nitrogens with zero attached hydrogens (tertiary/aromatic N) is 3. The maximum atomic E-state index is 5.71. The van der Waals surface area contributed by atoms with E-state index >= 15 is 0 Å². The lowest BCUT2D eigenvalue weighted by atomic mass is 10.3. The highest BCUT2D eigenvalue weighted by Crippen LogP contribution is 2.19. The van der Waals surface area contributed by atoms with Crippen molar-refractivity contribution in [3.8, 4) is 0 Å². The van der Waals surface area contributed by atoms with E-state index in [1.165, 1.54) is 0 Å². The Balaban J connectivity index is 2.87. The lowest BCUT2D eigenvalue weighted by Gasteiger charge is -2.01. The molecular weight excluding hydrogens is 232 g/mol. The van der Waals surface area contributed by atoms with Gasteiger partial charge < -0.3 is 5.73 Å². The fourth-order valence-corrected chi connectivity index (χ4v) is 1.45. The van der Waals surface area contributed by atoms with E-state index in [9.17, 15) is 0 Å². The summed E-state index contributed by atoms with van der Waals surface area (Å²) in [6.45, 7) is 1.79. The Morgan fingerprint density at radius 1 is 1.38 bits per heavy atom. The topological polar surface area (TPSA) is 64.7 Å². The summed E-state index contributed by atoms with van der Waals surface area (Å²) in [6, 6.07) is 1.86. The van der Waals surface area contributed by atoms with Gasteiger partial charge in [-0.1, -0.05) is 0 Å². The van der Waals surface area contributed by atoms with Crippen molar-refractivity contribution in [2.45, 2.75) is 6.92 Å². The Morgan fingerprint density at radius 2 is 2.15 bits per heavy atom. The van der Waals surface area contributed by atoms with Crippen LogP contribution in [0.25, 0.3) is 11.0 Å². The van der Waals surface area contributed by atoms with E-state index in [1.54, 1.807) is 13.1 Å². The third-order valence-electron chi connectivity index (χ3n) is 1.66. The molecule has 0 saturated carbocycles. The first-order valence-electron chi connectivity index (χ1n) is 3.72. The first kappa shape index (κ1) is 8.37. The number of hydrogen-bond acceptors (Lipinski definition) is 4. The zero-order valence-corrected chi connectivity index (χ0v) is 8.54. The molecule has 4 nitrogen and oxygen atoms in total. The minimum absolute atomic E-state index is 0.469. The Kier molecular flexibility index (Phi) is 1.88. The average molecular weight is 239 g/mol. The maximum absolute atomic E-state index is 5.71. The first-order chi connectivity index (χ1) is 6.16. The second-order valence-corrected chi connectivity index (χ2v) is 3.60. The van der Waals surface area contributed by atoms with Crippen molar-refractivity contribution in [3.63, 3.8) is 0 Å². The molecule has 2 heterocycles. The number of aromatic nitrogens is 3. The van der Waals surface area contributed by atoms with E-state index < -0.39 is 0 Å². The van der Waals surface area contributed by atoms with Crippen molar-refractivity contribution in [2.24, 2.45) is 0 Å². The maximum Gasteiger partial charge on any atom is 0.165 e. The van der Waals surface area contributed by atoms with Gasteiger partial charge >= 0.3 is 0 Å². The van der Waals surface area contributed by atoms with Gasteiger partial charge in [0.1, 0.15) is 11.6 Å². The molecular formula is C8H7BrN4. The standard InChI is InChI=1S/C8H7BrN4/c1-4-12-7(10)6-2-5(9)3-11-8(6)13-4/h2-3H,1H3,(H2,10,11,12,13). The minimum atomic E-state index is 0.469. The molecule has 0 aliphatic rings. The van der Waals surface area contributed by atoms with Gasteiger partial charge in [0.15, 0.2) is 5.65 Å². The molecule has 5 heteroatoms. The summed E-state index contributed by atoms with van der Waals surface area (Å²) in [5, 5.41) is 0.778. The van der Waals surface area contributed by atoms with Crippen LogP contribution >= 0.6 is 15.9 Å². The predicted octanol–water partition coefficient (Wildman–Crippen LogP) is 1.68. The third-order valence-corrected chi connectivity index (χ3v) is 2.09. The zero-order valence-electron chi connectivity index (χ0n) is 6.95. The van der Waals surface area contributed by atoms with Crippen LogP contribution in [0.15, 0.2) is 16.7 Å². The summed E-state index contributed by atoms with van der Waals surface area (Å²) >= 11 is 3.31. The monoisotopic (exact) mass is 238 g/mol. The number of hydrogen-bond donors (Lipinski definition) is 1. The molecule has 0 radical (unpaired) electrons. The number of pyridine rings is 1. The van der Waals surface area contributed by atoms with Gasteiger partial charge in [0.25, 0.3) is 0 Å². The highest BCUT2D eigenvalue weighted by atomic mass is 79.9. The molecule has 0 aliphatic heterocycles. The summed E-state index contributed by atoms with van der Waals surface area (Å²) < 4.78 is 0.874. The van der Waals surface area contributed by atoms with Crippen molar-refractivity contribution >= 4 is 32.8 Å². The molecule has 0 unspecified atom stereocenters. The van der Waals surface area contributed by atoms with Gasteiger partial charge in [0.2, 0.25) is 0 Å². The fourth-order valence-electron chi connectivity index (χ4n) is 1.12. The second kappa shape index (κ2) is 2.92. The summed E-state index contributed by atoms with van der Waals surface area (Å²) in [4.78, 5) is 12.3. The number of anilines is 1. The molecule has 2 aromatic heterocycles. The lowest BCUT2D eigenvalue weighted by Crippen LogP contribution is -1.98. The molecule has 0 aliphatic carbocycles. The van der Waals surface area contributed by atoms with Crippen LogP contribution in [0.1, 0.15) is 5.82 Å². The summed E-state index contributed by atoms with van der Waals surface area (Å²) in [5.74, 6) is 1.11. The summed E-state index contributed by atoms with van der Waals surface area (Å²) in [7, 11) is 0. The molecule has 0 atom stereocenters. The normalized spacial score (nSPS) is 10.6. The van der Waals surface area contributed by atoms with E-state index in [1.807, 2.05) is 6.07 Å². The molecule has 2 aromatic rings. The van der Waals surface area contributed by atoms with Gasteiger partial charge in [-0.2, -0.15) is 0 Å². The zero-order chi connectivity index (χ0) is 9.42. The Hall–Kier alpha value is -1.23. The summed E-state index contributed by atoms with van der Waals surface area (Å²) in [5.41, 5.74) is 6.35. The quantitative estimate of drug-likeness (QED) is 0.759. The van der Waals surface area contributed by atoms with Crippen LogP contribution in [0.5, 0.6) is 0 Å². The van der Waals surface area contributed by atoms with Crippen molar-refractivity contribution in [2.75, 3.05) is 5.73 Å². The van der Waals surface area contributed by atoms with Crippen LogP contribution in [0.3, 0.4) is 0 Å². The Morgan fingerprint density at radius 3 is 2.92 bits per heavy atom. The van der Waals surface area contributed by atoms with Crippen LogP contribution in [0.2, 0.25) is 0 Å². The molecule has 0 bridgehead atoms. The second-order valence-electron chi connectivity index (χ2n) is 2.68. The van der Waals surface area contributed by atoms with E-state index in [-0.39, 0.29) is 0 Å². The number of halogens is 1. The van der Waals surface area contributed by atoms with Crippen molar-refractivity contribution in [1.29, 1.82) is 0 Å². The Bertz CT molecular complexity index is 469. The van der Waals surface area contributed by atoms with Crippen LogP contribution in [-0.4, -0.2) is 15.0 Å². The molecule has 0 aromatic carbocycles. The van der Waals surface area contributed by atoms with E-state index in [0.717, 1.165) is 9.86 Å². The fraction of sp³-hybridized carbons (Fsp3) is 0.125. The number of rotatable bonds is 0. The van der Waals surface area contributed by atoms with Gasteiger partial charge in [-0.3, -0.25) is 0 Å². The first-order valence-corrected chi connectivity index (χ1v) is 4.51. The average Bonchev–Trinajstić information content (AvgIpc) is 2.06. The molecule has 0 spiro atoms. The van der Waals surface area contributed by atoms with Gasteiger partial charge in [-0.15, -0.1) is 0 Å². The minimum Gasteiger partial charge on any atom is -0.383 e. The third kappa shape index (κ3) is 1.47. The van der Waals surface area contributed by atoms with Gasteiger partial charge in [-0.25, -0.2) is 15.0 Å². The number of fused-ring (bicyclic) bond motifs is 1. The largest absolute Gasteiger partial charge is 0.383 e. The van der Waals surface area contributed by atoms with Crippen LogP contribution < -0.4 is 5.73 Å². The number of aryl methyl sites for hydroxylation is 1.